The monoisotopic (exact) mass is 429 g/mol. The van der Waals surface area contributed by atoms with Crippen molar-refractivity contribution in [3.63, 3.8) is 0 Å². The molecule has 0 heterocycles. The Kier molecular flexibility index (Phi) is 7.53. The van der Waals surface area contributed by atoms with E-state index in [9.17, 15) is 4.79 Å². The molecule has 29 heavy (non-hydrogen) atoms. The van der Waals surface area contributed by atoms with Gasteiger partial charge in [0, 0.05) is 26.9 Å². The van der Waals surface area contributed by atoms with Gasteiger partial charge in [0.05, 0.1) is 19.8 Å². The third kappa shape index (κ3) is 6.23. The number of carbonyl (C=O) groups is 1. The quantitative estimate of drug-likeness (QED) is 0.452. The number of anilines is 1. The first-order chi connectivity index (χ1) is 14.0. The van der Waals surface area contributed by atoms with Crippen molar-refractivity contribution in [1.82, 2.24) is 0 Å². The molecule has 0 aliphatic carbocycles. The Morgan fingerprint density at radius 2 is 1.66 bits per heavy atom. The molecule has 0 saturated carbocycles. The summed E-state index contributed by atoms with van der Waals surface area (Å²) in [5.74, 6) is 0.429. The first-order valence-corrected chi connectivity index (χ1v) is 9.95. The Morgan fingerprint density at radius 1 is 0.931 bits per heavy atom. The Bertz CT molecular complexity index is 957. The van der Waals surface area contributed by atoms with Crippen LogP contribution in [0.2, 0.25) is 10.0 Å². The van der Waals surface area contributed by atoms with E-state index in [4.69, 9.17) is 32.7 Å². The molecule has 3 aromatic carbocycles. The van der Waals surface area contributed by atoms with E-state index in [2.05, 4.69) is 5.32 Å². The van der Waals surface area contributed by atoms with Crippen LogP contribution < -0.4 is 10.1 Å². The molecule has 150 valence electrons. The summed E-state index contributed by atoms with van der Waals surface area (Å²) in [5.41, 5.74) is 2.91. The fourth-order valence-electron chi connectivity index (χ4n) is 2.81. The molecule has 6 heteroatoms. The molecule has 0 bridgehead atoms. The van der Waals surface area contributed by atoms with Crippen LogP contribution in [0.5, 0.6) is 5.75 Å². The zero-order valence-electron chi connectivity index (χ0n) is 16.0. The van der Waals surface area contributed by atoms with Crippen LogP contribution in [0.3, 0.4) is 0 Å². The summed E-state index contributed by atoms with van der Waals surface area (Å²) in [7, 11) is 0. The van der Waals surface area contributed by atoms with Gasteiger partial charge in [-0.1, -0.05) is 53.5 Å². The molecular weight excluding hydrogens is 409 g/mol. The molecule has 0 aromatic heterocycles. The second kappa shape index (κ2) is 10.3. The van der Waals surface area contributed by atoms with E-state index in [0.29, 0.717) is 46.9 Å². The van der Waals surface area contributed by atoms with Gasteiger partial charge in [0.2, 0.25) is 0 Å². The van der Waals surface area contributed by atoms with E-state index in [0.717, 1.165) is 11.1 Å². The Morgan fingerprint density at radius 3 is 2.34 bits per heavy atom. The Balaban J connectivity index is 1.73. The minimum Gasteiger partial charge on any atom is -0.494 e. The number of benzene rings is 3. The third-order valence-corrected chi connectivity index (χ3v) is 4.55. The molecular formula is C23H21Cl2NO3. The van der Waals surface area contributed by atoms with Crippen LogP contribution in [-0.2, 0) is 18.0 Å². The van der Waals surface area contributed by atoms with Crippen LogP contribution in [-0.4, -0.2) is 12.5 Å². The fraction of sp³-hybridized carbons (Fsp3) is 0.174. The van der Waals surface area contributed by atoms with Gasteiger partial charge >= 0.3 is 0 Å². The molecule has 1 N–H and O–H groups in total. The molecule has 3 rings (SSSR count). The standard InChI is InChI=1S/C23H21Cl2NO3/c1-2-29-22-9-8-17(23(27)26-21-12-19(24)11-20(25)13-21)10-18(22)15-28-14-16-6-4-3-5-7-16/h3-13H,2,14-15H2,1H3,(H,26,27). The van der Waals surface area contributed by atoms with Gasteiger partial charge in [0.1, 0.15) is 5.75 Å². The van der Waals surface area contributed by atoms with Crippen LogP contribution >= 0.6 is 23.2 Å². The highest BCUT2D eigenvalue weighted by molar-refractivity contribution is 6.35. The summed E-state index contributed by atoms with van der Waals surface area (Å²) in [4.78, 5) is 12.7. The van der Waals surface area contributed by atoms with Crippen LogP contribution in [0, 0.1) is 0 Å². The summed E-state index contributed by atoms with van der Waals surface area (Å²) in [6.45, 7) is 3.24. The number of ether oxygens (including phenoxy) is 2. The fourth-order valence-corrected chi connectivity index (χ4v) is 3.34. The van der Waals surface area contributed by atoms with Gasteiger partial charge < -0.3 is 14.8 Å². The molecule has 0 saturated heterocycles. The molecule has 0 radical (unpaired) electrons. The van der Waals surface area contributed by atoms with E-state index >= 15 is 0 Å². The molecule has 4 nitrogen and oxygen atoms in total. The lowest BCUT2D eigenvalue weighted by molar-refractivity contribution is 0.101. The molecule has 1 amide bonds. The van der Waals surface area contributed by atoms with E-state index in [1.165, 1.54) is 0 Å². The minimum absolute atomic E-state index is 0.268. The second-order valence-corrected chi connectivity index (χ2v) is 7.22. The molecule has 0 aliphatic heterocycles. The van der Waals surface area contributed by atoms with E-state index < -0.39 is 0 Å². The van der Waals surface area contributed by atoms with Gasteiger partial charge in [-0.15, -0.1) is 0 Å². The van der Waals surface area contributed by atoms with Crippen molar-refractivity contribution >= 4 is 34.8 Å². The predicted octanol–water partition coefficient (Wildman–Crippen LogP) is 6.36. The number of nitrogens with one attached hydrogen (secondary N) is 1. The van der Waals surface area contributed by atoms with E-state index in [1.807, 2.05) is 37.3 Å². The highest BCUT2D eigenvalue weighted by atomic mass is 35.5. The number of rotatable bonds is 8. The van der Waals surface area contributed by atoms with Crippen molar-refractivity contribution in [2.75, 3.05) is 11.9 Å². The lowest BCUT2D eigenvalue weighted by Gasteiger charge is -2.13. The normalized spacial score (nSPS) is 10.6. The predicted molar refractivity (Wildman–Crippen MR) is 117 cm³/mol. The highest BCUT2D eigenvalue weighted by Crippen LogP contribution is 2.25. The average Bonchev–Trinajstić information content (AvgIpc) is 2.69. The summed E-state index contributed by atoms with van der Waals surface area (Å²) < 4.78 is 11.5. The lowest BCUT2D eigenvalue weighted by Crippen LogP contribution is -2.13. The van der Waals surface area contributed by atoms with Crippen LogP contribution in [0.25, 0.3) is 0 Å². The van der Waals surface area contributed by atoms with Crippen molar-refractivity contribution in [1.29, 1.82) is 0 Å². The molecule has 3 aromatic rings. The topological polar surface area (TPSA) is 47.6 Å². The Hall–Kier alpha value is -2.53. The maximum atomic E-state index is 12.7. The van der Waals surface area contributed by atoms with Crippen molar-refractivity contribution < 1.29 is 14.3 Å². The van der Waals surface area contributed by atoms with E-state index in [1.54, 1.807) is 36.4 Å². The minimum atomic E-state index is -0.268. The smallest absolute Gasteiger partial charge is 0.255 e. The van der Waals surface area contributed by atoms with Crippen LogP contribution in [0.15, 0.2) is 66.7 Å². The molecule has 0 atom stereocenters. The van der Waals surface area contributed by atoms with Gasteiger partial charge in [-0.05, 0) is 48.9 Å². The highest BCUT2D eigenvalue weighted by Gasteiger charge is 2.12. The summed E-state index contributed by atoms with van der Waals surface area (Å²) in [5, 5.41) is 3.72. The van der Waals surface area contributed by atoms with Gasteiger partial charge in [-0.25, -0.2) is 0 Å². The Labute approximate surface area is 180 Å². The number of amides is 1. The zero-order valence-corrected chi connectivity index (χ0v) is 17.5. The summed E-state index contributed by atoms with van der Waals surface area (Å²) in [6, 6.07) is 20.1. The van der Waals surface area contributed by atoms with Gasteiger partial charge in [-0.3, -0.25) is 4.79 Å². The second-order valence-electron chi connectivity index (χ2n) is 6.35. The SMILES string of the molecule is CCOc1ccc(C(=O)Nc2cc(Cl)cc(Cl)c2)cc1COCc1ccccc1. The van der Waals surface area contributed by atoms with Gasteiger partial charge in [0.25, 0.3) is 5.91 Å². The maximum Gasteiger partial charge on any atom is 0.255 e. The molecule has 0 unspecified atom stereocenters. The van der Waals surface area contributed by atoms with Gasteiger partial charge in [-0.2, -0.15) is 0 Å². The zero-order chi connectivity index (χ0) is 20.6. The number of halogens is 2. The molecule has 0 spiro atoms. The number of hydrogen-bond donors (Lipinski definition) is 1. The largest absolute Gasteiger partial charge is 0.494 e. The van der Waals surface area contributed by atoms with Crippen molar-refractivity contribution in [3.8, 4) is 5.75 Å². The first-order valence-electron chi connectivity index (χ1n) is 9.20. The van der Waals surface area contributed by atoms with Crippen molar-refractivity contribution in [2.45, 2.75) is 20.1 Å². The van der Waals surface area contributed by atoms with Crippen molar-refractivity contribution in [2.24, 2.45) is 0 Å². The lowest BCUT2D eigenvalue weighted by atomic mass is 10.1. The summed E-state index contributed by atoms with van der Waals surface area (Å²) >= 11 is 12.0. The van der Waals surface area contributed by atoms with Crippen LogP contribution in [0.4, 0.5) is 5.69 Å². The summed E-state index contributed by atoms with van der Waals surface area (Å²) in [6.07, 6.45) is 0. The third-order valence-electron chi connectivity index (χ3n) is 4.11. The molecule has 0 aliphatic rings. The molecule has 0 fully saturated rings. The van der Waals surface area contributed by atoms with Crippen molar-refractivity contribution in [3.05, 3.63) is 93.5 Å². The average molecular weight is 430 g/mol. The number of carbonyl (C=O) groups excluding carboxylic acids is 1. The maximum absolute atomic E-state index is 12.7. The number of hydrogen-bond acceptors (Lipinski definition) is 3. The van der Waals surface area contributed by atoms with Gasteiger partial charge in [0.15, 0.2) is 0 Å². The first kappa shape index (κ1) is 21.2. The van der Waals surface area contributed by atoms with E-state index in [-0.39, 0.29) is 5.91 Å². The van der Waals surface area contributed by atoms with Crippen LogP contribution in [0.1, 0.15) is 28.4 Å².